The van der Waals surface area contributed by atoms with Crippen LogP contribution in [0.15, 0.2) is 18.5 Å². The van der Waals surface area contributed by atoms with Crippen LogP contribution in [0.4, 0.5) is 11.4 Å². The summed E-state index contributed by atoms with van der Waals surface area (Å²) < 4.78 is 4.89. The normalized spacial score (nSPS) is 13.9. The summed E-state index contributed by atoms with van der Waals surface area (Å²) in [5.41, 5.74) is -0.764. The van der Waals surface area contributed by atoms with Gasteiger partial charge in [0.1, 0.15) is 11.9 Å². The highest BCUT2D eigenvalue weighted by Crippen LogP contribution is 2.23. The molecule has 1 atom stereocenters. The molecule has 0 saturated carbocycles. The summed E-state index contributed by atoms with van der Waals surface area (Å²) in [4.78, 5) is 13.9. The molecule has 1 unspecified atom stereocenters. The van der Waals surface area contributed by atoms with E-state index in [-0.39, 0.29) is 12.2 Å². The van der Waals surface area contributed by atoms with Gasteiger partial charge >= 0.3 is 5.69 Å². The number of methoxy groups -OCH3 is 1. The molecule has 1 aromatic heterocycles. The van der Waals surface area contributed by atoms with Gasteiger partial charge in [-0.3, -0.25) is 15.1 Å². The van der Waals surface area contributed by atoms with Gasteiger partial charge < -0.3 is 15.2 Å². The molecule has 1 rings (SSSR count). The molecule has 1 aromatic rings. The van der Waals surface area contributed by atoms with Crippen molar-refractivity contribution in [1.82, 2.24) is 4.98 Å². The molecule has 0 fully saturated rings. The number of aromatic nitrogens is 1. The van der Waals surface area contributed by atoms with E-state index in [2.05, 4.69) is 10.3 Å². The number of ether oxygens (including phenoxy) is 1. The van der Waals surface area contributed by atoms with Gasteiger partial charge in [-0.25, -0.2) is 0 Å². The van der Waals surface area contributed by atoms with Gasteiger partial charge in [0.25, 0.3) is 0 Å². The second kappa shape index (κ2) is 6.27. The summed E-state index contributed by atoms with van der Waals surface area (Å²) >= 11 is 0. The average Bonchev–Trinajstić information content (AvgIpc) is 2.34. The van der Waals surface area contributed by atoms with Crippen molar-refractivity contribution in [2.45, 2.75) is 18.9 Å². The van der Waals surface area contributed by atoms with E-state index in [1.165, 1.54) is 18.5 Å². The Labute approximate surface area is 105 Å². The second-order valence-electron chi connectivity index (χ2n) is 4.24. The number of nitrogens with one attached hydrogen (secondary N) is 1. The van der Waals surface area contributed by atoms with Crippen LogP contribution >= 0.6 is 0 Å². The van der Waals surface area contributed by atoms with Crippen LogP contribution in [0.1, 0.15) is 13.3 Å². The van der Waals surface area contributed by atoms with Crippen molar-refractivity contribution >= 4 is 11.4 Å². The summed E-state index contributed by atoms with van der Waals surface area (Å²) in [6.45, 7) is 2.26. The van der Waals surface area contributed by atoms with E-state index in [9.17, 15) is 15.2 Å². The molecule has 0 amide bonds. The van der Waals surface area contributed by atoms with E-state index in [0.717, 1.165) is 0 Å². The predicted molar refractivity (Wildman–Crippen MR) is 66.5 cm³/mol. The lowest BCUT2D eigenvalue weighted by Gasteiger charge is -2.23. The lowest BCUT2D eigenvalue weighted by molar-refractivity contribution is -0.384. The van der Waals surface area contributed by atoms with Gasteiger partial charge in [-0.2, -0.15) is 0 Å². The fourth-order valence-corrected chi connectivity index (χ4v) is 1.38. The quantitative estimate of drug-likeness (QED) is 0.561. The molecule has 0 aliphatic heterocycles. The van der Waals surface area contributed by atoms with Gasteiger partial charge in [0.05, 0.1) is 10.5 Å². The number of rotatable bonds is 7. The van der Waals surface area contributed by atoms with E-state index in [0.29, 0.717) is 18.7 Å². The molecule has 7 heteroatoms. The minimum Gasteiger partial charge on any atom is -0.388 e. The first-order valence-electron chi connectivity index (χ1n) is 5.50. The Morgan fingerprint density at radius 1 is 1.67 bits per heavy atom. The molecule has 0 radical (unpaired) electrons. The van der Waals surface area contributed by atoms with Gasteiger partial charge in [-0.15, -0.1) is 0 Å². The standard InChI is InChI=1S/C11H17N3O4/c1-11(15,4-6-18-2)8-13-9-3-5-12-7-10(9)14(16)17/h3,5,7,15H,4,6,8H2,1-2H3,(H,12,13). The predicted octanol–water partition coefficient (Wildman–Crippen LogP) is 1.19. The summed E-state index contributed by atoms with van der Waals surface area (Å²) in [7, 11) is 1.55. The van der Waals surface area contributed by atoms with Crippen molar-refractivity contribution < 1.29 is 14.8 Å². The fourth-order valence-electron chi connectivity index (χ4n) is 1.38. The van der Waals surface area contributed by atoms with Crippen molar-refractivity contribution in [3.8, 4) is 0 Å². The highest BCUT2D eigenvalue weighted by atomic mass is 16.6. The number of anilines is 1. The van der Waals surface area contributed by atoms with Crippen LogP contribution in [0.5, 0.6) is 0 Å². The highest BCUT2D eigenvalue weighted by Gasteiger charge is 2.21. The fraction of sp³-hybridized carbons (Fsp3) is 0.545. The Morgan fingerprint density at radius 3 is 3.00 bits per heavy atom. The van der Waals surface area contributed by atoms with E-state index in [4.69, 9.17) is 4.74 Å². The van der Waals surface area contributed by atoms with Gasteiger partial charge in [-0.1, -0.05) is 0 Å². The summed E-state index contributed by atoms with van der Waals surface area (Å²) in [6.07, 6.45) is 3.07. The topological polar surface area (TPSA) is 97.5 Å². The number of aliphatic hydroxyl groups is 1. The average molecular weight is 255 g/mol. The molecule has 1 heterocycles. The summed E-state index contributed by atoms with van der Waals surface area (Å²) in [6, 6.07) is 1.50. The lowest BCUT2D eigenvalue weighted by Crippen LogP contribution is -2.34. The van der Waals surface area contributed by atoms with Crippen molar-refractivity contribution in [2.75, 3.05) is 25.6 Å². The molecule has 0 aromatic carbocycles. The third-order valence-electron chi connectivity index (χ3n) is 2.50. The van der Waals surface area contributed by atoms with Crippen LogP contribution in [0, 0.1) is 10.1 Å². The Balaban J connectivity index is 2.65. The van der Waals surface area contributed by atoms with Crippen molar-refractivity contribution in [2.24, 2.45) is 0 Å². The SMILES string of the molecule is COCCC(C)(O)CNc1ccncc1[N+](=O)[O-]. The molecular formula is C11H17N3O4. The monoisotopic (exact) mass is 255 g/mol. The molecule has 7 nitrogen and oxygen atoms in total. The van der Waals surface area contributed by atoms with Gasteiger partial charge in [-0.05, 0) is 13.0 Å². The molecular weight excluding hydrogens is 238 g/mol. The first-order valence-corrected chi connectivity index (χ1v) is 5.50. The van der Waals surface area contributed by atoms with Gasteiger partial charge in [0.15, 0.2) is 0 Å². The molecule has 100 valence electrons. The number of nitro groups is 1. The highest BCUT2D eigenvalue weighted by molar-refractivity contribution is 5.59. The molecule has 0 aliphatic carbocycles. The minimum absolute atomic E-state index is 0.111. The number of pyridine rings is 1. The number of nitrogens with zero attached hydrogens (tertiary/aromatic N) is 2. The second-order valence-corrected chi connectivity index (χ2v) is 4.24. The third-order valence-corrected chi connectivity index (χ3v) is 2.50. The van der Waals surface area contributed by atoms with E-state index < -0.39 is 10.5 Å². The molecule has 2 N–H and O–H groups in total. The molecule has 0 aliphatic rings. The Morgan fingerprint density at radius 2 is 2.39 bits per heavy atom. The summed E-state index contributed by atoms with van der Waals surface area (Å²) in [5.74, 6) is 0. The Kier molecular flexibility index (Phi) is 4.99. The van der Waals surface area contributed by atoms with E-state index in [1.807, 2.05) is 0 Å². The van der Waals surface area contributed by atoms with Crippen LogP contribution in [-0.2, 0) is 4.74 Å². The maximum atomic E-state index is 10.8. The molecule has 0 bridgehead atoms. The van der Waals surface area contributed by atoms with Gasteiger partial charge in [0, 0.05) is 32.9 Å². The smallest absolute Gasteiger partial charge is 0.310 e. The zero-order valence-electron chi connectivity index (χ0n) is 10.4. The minimum atomic E-state index is -0.993. The van der Waals surface area contributed by atoms with Crippen LogP contribution < -0.4 is 5.32 Å². The number of hydrogen-bond acceptors (Lipinski definition) is 6. The summed E-state index contributed by atoms with van der Waals surface area (Å²) in [5, 5.41) is 23.6. The van der Waals surface area contributed by atoms with Crippen LogP contribution in [0.2, 0.25) is 0 Å². The molecule has 0 saturated heterocycles. The zero-order chi connectivity index (χ0) is 13.6. The van der Waals surface area contributed by atoms with E-state index >= 15 is 0 Å². The lowest BCUT2D eigenvalue weighted by atomic mass is 10.0. The third kappa shape index (κ3) is 4.27. The largest absolute Gasteiger partial charge is 0.388 e. The maximum absolute atomic E-state index is 10.8. The van der Waals surface area contributed by atoms with Crippen molar-refractivity contribution in [3.63, 3.8) is 0 Å². The van der Waals surface area contributed by atoms with Gasteiger partial charge in [0.2, 0.25) is 0 Å². The van der Waals surface area contributed by atoms with Crippen LogP contribution in [-0.4, -0.2) is 40.9 Å². The Bertz CT molecular complexity index is 409. The molecule has 18 heavy (non-hydrogen) atoms. The van der Waals surface area contributed by atoms with Crippen molar-refractivity contribution in [1.29, 1.82) is 0 Å². The zero-order valence-corrected chi connectivity index (χ0v) is 10.4. The van der Waals surface area contributed by atoms with Crippen molar-refractivity contribution in [3.05, 3.63) is 28.6 Å². The van der Waals surface area contributed by atoms with Crippen LogP contribution in [0.3, 0.4) is 0 Å². The first-order chi connectivity index (χ1) is 8.46. The number of hydrogen-bond donors (Lipinski definition) is 2. The maximum Gasteiger partial charge on any atom is 0.310 e. The van der Waals surface area contributed by atoms with E-state index in [1.54, 1.807) is 14.0 Å². The Hall–Kier alpha value is -1.73. The van der Waals surface area contributed by atoms with Crippen LogP contribution in [0.25, 0.3) is 0 Å². The first kappa shape index (κ1) is 14.3. The molecule has 0 spiro atoms.